The van der Waals surface area contributed by atoms with E-state index in [1.54, 1.807) is 0 Å². The smallest absolute Gasteiger partial charge is 0.0375 e. The van der Waals surface area contributed by atoms with E-state index in [4.69, 9.17) is 0 Å². The molecule has 0 spiro atoms. The van der Waals surface area contributed by atoms with E-state index in [1.165, 1.54) is 82.3 Å². The van der Waals surface area contributed by atoms with Crippen LogP contribution in [0.3, 0.4) is 0 Å². The van der Waals surface area contributed by atoms with Crippen LogP contribution in [0.2, 0.25) is 0 Å². The van der Waals surface area contributed by atoms with Gasteiger partial charge in [-0.15, -0.1) is 0 Å². The predicted molar refractivity (Wildman–Crippen MR) is 125 cm³/mol. The van der Waals surface area contributed by atoms with Crippen LogP contribution in [0.1, 0.15) is 75.8 Å². The Morgan fingerprint density at radius 1 is 0.929 bits per heavy atom. The van der Waals surface area contributed by atoms with E-state index >= 15 is 0 Å². The van der Waals surface area contributed by atoms with Crippen LogP contribution in [0.4, 0.5) is 0 Å². The van der Waals surface area contributed by atoms with Crippen LogP contribution in [0, 0.1) is 5.92 Å². The van der Waals surface area contributed by atoms with Crippen molar-refractivity contribution in [2.24, 2.45) is 5.92 Å². The van der Waals surface area contributed by atoms with E-state index < -0.39 is 0 Å². The van der Waals surface area contributed by atoms with Crippen LogP contribution >= 0.6 is 11.9 Å². The molecule has 1 N–H and O–H groups in total. The van der Waals surface area contributed by atoms with E-state index in [0.717, 1.165) is 12.3 Å². The van der Waals surface area contributed by atoms with Crippen molar-refractivity contribution in [3.8, 4) is 0 Å². The first-order valence-electron chi connectivity index (χ1n) is 11.6. The molecule has 1 saturated heterocycles. The molecule has 3 rings (SSSR count). The minimum atomic E-state index is 0.611. The molecule has 1 aliphatic heterocycles. The van der Waals surface area contributed by atoms with Gasteiger partial charge in [0.2, 0.25) is 0 Å². The third kappa shape index (κ3) is 7.24. The van der Waals surface area contributed by atoms with Gasteiger partial charge in [-0.3, -0.25) is 4.31 Å². The fraction of sp³-hybridized carbons (Fsp3) is 0.680. The van der Waals surface area contributed by atoms with Crippen molar-refractivity contribution >= 4 is 11.9 Å². The lowest BCUT2D eigenvalue weighted by molar-refractivity contribution is 0.386. The van der Waals surface area contributed by atoms with Crippen molar-refractivity contribution in [1.29, 1.82) is 0 Å². The van der Waals surface area contributed by atoms with E-state index in [0.29, 0.717) is 11.2 Å². The van der Waals surface area contributed by atoms with Crippen molar-refractivity contribution in [3.63, 3.8) is 0 Å². The maximum absolute atomic E-state index is 3.64. The highest BCUT2D eigenvalue weighted by atomic mass is 32.2. The van der Waals surface area contributed by atoms with Crippen molar-refractivity contribution < 1.29 is 0 Å². The number of aryl methyl sites for hydroxylation is 1. The lowest BCUT2D eigenvalue weighted by Crippen LogP contribution is -2.27. The molecule has 0 aromatic heterocycles. The lowest BCUT2D eigenvalue weighted by atomic mass is 9.88. The summed E-state index contributed by atoms with van der Waals surface area (Å²) in [5.41, 5.74) is 2.93. The first-order chi connectivity index (χ1) is 13.7. The molecular formula is C25H40N2S. The Bertz CT molecular complexity index is 583. The summed E-state index contributed by atoms with van der Waals surface area (Å²) in [6.07, 6.45) is 15.4. The van der Waals surface area contributed by atoms with Gasteiger partial charge in [-0.05, 0) is 68.7 Å². The summed E-state index contributed by atoms with van der Waals surface area (Å²) in [6, 6.07) is 9.28. The van der Waals surface area contributed by atoms with Gasteiger partial charge in [0.25, 0.3) is 0 Å². The van der Waals surface area contributed by atoms with E-state index in [9.17, 15) is 0 Å². The van der Waals surface area contributed by atoms with Crippen LogP contribution < -0.4 is 5.32 Å². The van der Waals surface area contributed by atoms with Gasteiger partial charge in [-0.25, -0.2) is 0 Å². The van der Waals surface area contributed by atoms with Gasteiger partial charge in [-0.1, -0.05) is 75.1 Å². The Morgan fingerprint density at radius 2 is 1.75 bits per heavy atom. The molecule has 1 aromatic carbocycles. The number of rotatable bonds is 4. The zero-order valence-corrected chi connectivity index (χ0v) is 18.9. The molecule has 1 heterocycles. The molecule has 1 aliphatic carbocycles. The highest BCUT2D eigenvalue weighted by Crippen LogP contribution is 2.34. The molecule has 156 valence electrons. The fourth-order valence-corrected chi connectivity index (χ4v) is 5.60. The quantitative estimate of drug-likeness (QED) is 0.479. The lowest BCUT2D eigenvalue weighted by Gasteiger charge is -2.29. The summed E-state index contributed by atoms with van der Waals surface area (Å²) >= 11 is 2.11. The Kier molecular flexibility index (Phi) is 9.43. The monoisotopic (exact) mass is 400 g/mol. The normalized spacial score (nSPS) is 28.4. The number of allylic oxidation sites excluding steroid dienone is 1. The molecule has 3 atom stereocenters. The summed E-state index contributed by atoms with van der Waals surface area (Å²) in [7, 11) is 0. The van der Waals surface area contributed by atoms with Crippen LogP contribution in [-0.4, -0.2) is 35.7 Å². The maximum atomic E-state index is 3.64. The average Bonchev–Trinajstić information content (AvgIpc) is 2.73. The van der Waals surface area contributed by atoms with Gasteiger partial charge < -0.3 is 5.32 Å². The van der Waals surface area contributed by atoms with E-state index in [1.807, 2.05) is 0 Å². The van der Waals surface area contributed by atoms with Crippen molar-refractivity contribution in [2.75, 3.05) is 26.2 Å². The second-order valence-electron chi connectivity index (χ2n) is 8.73. The molecule has 0 bridgehead atoms. The number of nitrogens with zero attached hydrogens (tertiary/aromatic N) is 1. The second kappa shape index (κ2) is 12.0. The van der Waals surface area contributed by atoms with Gasteiger partial charge >= 0.3 is 0 Å². The van der Waals surface area contributed by atoms with Crippen LogP contribution in [0.5, 0.6) is 0 Å². The van der Waals surface area contributed by atoms with Crippen LogP contribution in [-0.2, 0) is 6.42 Å². The molecule has 2 nitrogen and oxygen atoms in total. The molecule has 1 aromatic rings. The second-order valence-corrected chi connectivity index (χ2v) is 10.1. The summed E-state index contributed by atoms with van der Waals surface area (Å²) in [5.74, 6) is 1.48. The molecule has 0 radical (unpaired) electrons. The number of benzene rings is 1. The SMILES string of the molecule is CCc1ccc(C2C=CC(SN3CCCCC(C)CCNCCC3)CC2)cc1. The van der Waals surface area contributed by atoms with Gasteiger partial charge in [0.05, 0.1) is 0 Å². The predicted octanol–water partition coefficient (Wildman–Crippen LogP) is 6.19. The molecule has 3 heteroatoms. The Labute approximate surface area is 177 Å². The Morgan fingerprint density at radius 3 is 2.50 bits per heavy atom. The first-order valence-corrected chi connectivity index (χ1v) is 12.5. The largest absolute Gasteiger partial charge is 0.317 e. The molecule has 28 heavy (non-hydrogen) atoms. The topological polar surface area (TPSA) is 15.3 Å². The molecule has 0 saturated carbocycles. The summed E-state index contributed by atoms with van der Waals surface area (Å²) in [4.78, 5) is 0. The van der Waals surface area contributed by atoms with Crippen molar-refractivity contribution in [1.82, 2.24) is 9.62 Å². The van der Waals surface area contributed by atoms with Crippen LogP contribution in [0.15, 0.2) is 36.4 Å². The standard InChI is InChI=1S/C25H40N2S/c1-3-22-8-10-23(11-9-22)24-12-14-25(15-13-24)28-27-19-5-4-7-21(2)16-18-26-17-6-20-27/h8-12,14,21,24-26H,3-7,13,15-20H2,1-2H3. The molecule has 1 fully saturated rings. The minimum Gasteiger partial charge on any atom is -0.317 e. The molecule has 3 unspecified atom stereocenters. The summed E-state index contributed by atoms with van der Waals surface area (Å²) < 4.78 is 2.67. The zero-order valence-electron chi connectivity index (χ0n) is 18.0. The first kappa shape index (κ1) is 21.9. The Balaban J connectivity index is 1.49. The molecule has 2 aliphatic rings. The summed E-state index contributed by atoms with van der Waals surface area (Å²) in [5, 5.41) is 4.30. The van der Waals surface area contributed by atoms with Gasteiger partial charge in [-0.2, -0.15) is 0 Å². The number of hydrogen-bond donors (Lipinski definition) is 1. The molecular weight excluding hydrogens is 360 g/mol. The number of hydrogen-bond acceptors (Lipinski definition) is 3. The third-order valence-electron chi connectivity index (χ3n) is 6.35. The maximum Gasteiger partial charge on any atom is 0.0375 e. The van der Waals surface area contributed by atoms with Crippen molar-refractivity contribution in [3.05, 3.63) is 47.5 Å². The van der Waals surface area contributed by atoms with Crippen LogP contribution in [0.25, 0.3) is 0 Å². The van der Waals surface area contributed by atoms with E-state index in [-0.39, 0.29) is 0 Å². The fourth-order valence-electron chi connectivity index (χ4n) is 4.35. The summed E-state index contributed by atoms with van der Waals surface area (Å²) in [6.45, 7) is 9.48. The Hall–Kier alpha value is -0.770. The van der Waals surface area contributed by atoms with Gasteiger partial charge in [0.1, 0.15) is 0 Å². The van der Waals surface area contributed by atoms with Gasteiger partial charge in [0.15, 0.2) is 0 Å². The molecule has 0 amide bonds. The van der Waals surface area contributed by atoms with E-state index in [2.05, 4.69) is 71.8 Å². The highest BCUT2D eigenvalue weighted by molar-refractivity contribution is 7.97. The van der Waals surface area contributed by atoms with Crippen molar-refractivity contribution in [2.45, 2.75) is 76.4 Å². The number of nitrogens with one attached hydrogen (secondary N) is 1. The average molecular weight is 401 g/mol. The highest BCUT2D eigenvalue weighted by Gasteiger charge is 2.20. The zero-order chi connectivity index (χ0) is 19.6. The third-order valence-corrected chi connectivity index (χ3v) is 7.68. The minimum absolute atomic E-state index is 0.611. The van der Waals surface area contributed by atoms with Gasteiger partial charge in [0, 0.05) is 24.3 Å².